The summed E-state index contributed by atoms with van der Waals surface area (Å²) in [5.41, 5.74) is 2.68. The molecular formula is C29H42. The average molecular weight is 391 g/mol. The van der Waals surface area contributed by atoms with Gasteiger partial charge < -0.3 is 0 Å². The Balaban J connectivity index is 1.40. The van der Waals surface area contributed by atoms with Crippen molar-refractivity contribution in [2.45, 2.75) is 103 Å². The molecule has 1 aromatic carbocycles. The van der Waals surface area contributed by atoms with Crippen molar-refractivity contribution in [2.24, 2.45) is 17.8 Å². The van der Waals surface area contributed by atoms with Crippen LogP contribution in [0.5, 0.6) is 0 Å². The Kier molecular flexibility index (Phi) is 9.40. The predicted molar refractivity (Wildman–Crippen MR) is 127 cm³/mol. The first-order valence-corrected chi connectivity index (χ1v) is 12.6. The van der Waals surface area contributed by atoms with E-state index in [1.807, 2.05) is 0 Å². The van der Waals surface area contributed by atoms with Crippen molar-refractivity contribution >= 4 is 0 Å². The molecule has 0 saturated heterocycles. The molecule has 158 valence electrons. The first kappa shape index (κ1) is 22.2. The lowest BCUT2D eigenvalue weighted by atomic mass is 9.78. The lowest BCUT2D eigenvalue weighted by Crippen LogP contribution is -2.12. The topological polar surface area (TPSA) is 0 Å². The molecular weight excluding hydrogens is 348 g/mol. The van der Waals surface area contributed by atoms with Crippen molar-refractivity contribution in [3.8, 4) is 11.8 Å². The SMILES string of the molecule is CCCCC[C@H]1CC[C@H](C=CC#Cc2ccc([C@H]3CC[C@H](CC)CC3)cc2)CC1. The largest absolute Gasteiger partial charge is 0.0730 e. The summed E-state index contributed by atoms with van der Waals surface area (Å²) in [5.74, 6) is 10.1. The molecule has 0 heterocycles. The van der Waals surface area contributed by atoms with Crippen LogP contribution in [0.2, 0.25) is 0 Å². The molecule has 2 aliphatic rings. The second-order valence-electron chi connectivity index (χ2n) is 9.65. The maximum absolute atomic E-state index is 3.34. The third-order valence-corrected chi connectivity index (χ3v) is 7.58. The fraction of sp³-hybridized carbons (Fsp3) is 0.655. The molecule has 0 aromatic heterocycles. The zero-order chi connectivity index (χ0) is 20.3. The predicted octanol–water partition coefficient (Wildman–Crippen LogP) is 8.66. The highest BCUT2D eigenvalue weighted by Gasteiger charge is 2.21. The highest BCUT2D eigenvalue weighted by molar-refractivity contribution is 5.39. The third kappa shape index (κ3) is 7.37. The van der Waals surface area contributed by atoms with E-state index in [-0.39, 0.29) is 0 Å². The maximum atomic E-state index is 3.34. The normalized spacial score (nSPS) is 27.5. The van der Waals surface area contributed by atoms with Gasteiger partial charge in [-0.3, -0.25) is 0 Å². The van der Waals surface area contributed by atoms with Crippen LogP contribution in [0.3, 0.4) is 0 Å². The van der Waals surface area contributed by atoms with Gasteiger partial charge in [0.15, 0.2) is 0 Å². The lowest BCUT2D eigenvalue weighted by molar-refractivity contribution is 0.289. The number of hydrogen-bond donors (Lipinski definition) is 0. The van der Waals surface area contributed by atoms with Crippen molar-refractivity contribution in [3.63, 3.8) is 0 Å². The minimum absolute atomic E-state index is 0.757. The van der Waals surface area contributed by atoms with E-state index in [0.717, 1.165) is 29.2 Å². The second-order valence-corrected chi connectivity index (χ2v) is 9.65. The minimum Gasteiger partial charge on any atom is -0.0730 e. The molecule has 2 fully saturated rings. The Labute approximate surface area is 180 Å². The Bertz CT molecular complexity index is 652. The molecule has 2 saturated carbocycles. The van der Waals surface area contributed by atoms with Crippen LogP contribution in [0.1, 0.15) is 114 Å². The summed E-state index contributed by atoms with van der Waals surface area (Å²) in [7, 11) is 0. The van der Waals surface area contributed by atoms with Gasteiger partial charge in [0.05, 0.1) is 0 Å². The van der Waals surface area contributed by atoms with E-state index in [0.29, 0.717) is 0 Å². The van der Waals surface area contributed by atoms with Crippen molar-refractivity contribution in [2.75, 3.05) is 0 Å². The lowest BCUT2D eigenvalue weighted by Gasteiger charge is -2.28. The number of hydrogen-bond acceptors (Lipinski definition) is 0. The summed E-state index contributed by atoms with van der Waals surface area (Å²) in [4.78, 5) is 0. The molecule has 0 nitrogen and oxygen atoms in total. The summed E-state index contributed by atoms with van der Waals surface area (Å²) < 4.78 is 0. The highest BCUT2D eigenvalue weighted by atomic mass is 14.3. The van der Waals surface area contributed by atoms with E-state index in [2.05, 4.69) is 62.1 Å². The molecule has 0 spiro atoms. The molecule has 0 aliphatic heterocycles. The third-order valence-electron chi connectivity index (χ3n) is 7.58. The van der Waals surface area contributed by atoms with Crippen molar-refractivity contribution in [3.05, 3.63) is 47.5 Å². The fourth-order valence-electron chi connectivity index (χ4n) is 5.40. The number of rotatable bonds is 7. The quantitative estimate of drug-likeness (QED) is 0.323. The molecule has 0 unspecified atom stereocenters. The van der Waals surface area contributed by atoms with Gasteiger partial charge in [0.25, 0.3) is 0 Å². The molecule has 3 rings (SSSR count). The van der Waals surface area contributed by atoms with Crippen LogP contribution >= 0.6 is 0 Å². The van der Waals surface area contributed by atoms with Gasteiger partial charge >= 0.3 is 0 Å². The van der Waals surface area contributed by atoms with Crippen LogP contribution in [0.4, 0.5) is 0 Å². The Morgan fingerprint density at radius 1 is 0.828 bits per heavy atom. The summed E-state index contributed by atoms with van der Waals surface area (Å²) in [6.07, 6.45) is 22.6. The van der Waals surface area contributed by atoms with Crippen LogP contribution in [-0.4, -0.2) is 0 Å². The summed E-state index contributed by atoms with van der Waals surface area (Å²) in [6.45, 7) is 4.64. The van der Waals surface area contributed by atoms with Crippen molar-refractivity contribution < 1.29 is 0 Å². The Morgan fingerprint density at radius 3 is 2.17 bits per heavy atom. The van der Waals surface area contributed by atoms with Crippen molar-refractivity contribution in [1.82, 2.24) is 0 Å². The smallest absolute Gasteiger partial charge is 0.0249 e. The standard InChI is InChI=1S/C29H42/c1-3-5-6-9-25-12-14-26(15-13-25)10-7-8-11-27-18-22-29(23-19-27)28-20-16-24(4-2)17-21-28/h7,10,18-19,22-26,28H,3-6,9,12-17,20-21H2,1-2H3/t24-,25-,26-,28-. The van der Waals surface area contributed by atoms with E-state index in [9.17, 15) is 0 Å². The second kappa shape index (κ2) is 12.3. The number of allylic oxidation sites excluding steroid dienone is 2. The van der Waals surface area contributed by atoms with Gasteiger partial charge in [-0.05, 0) is 98.8 Å². The van der Waals surface area contributed by atoms with Gasteiger partial charge in [0.2, 0.25) is 0 Å². The molecule has 1 aromatic rings. The summed E-state index contributed by atoms with van der Waals surface area (Å²) in [6, 6.07) is 9.10. The van der Waals surface area contributed by atoms with Crippen LogP contribution in [0.25, 0.3) is 0 Å². The van der Waals surface area contributed by atoms with Crippen LogP contribution < -0.4 is 0 Å². The monoisotopic (exact) mass is 390 g/mol. The van der Waals surface area contributed by atoms with Gasteiger partial charge in [0.1, 0.15) is 0 Å². The first-order chi connectivity index (χ1) is 14.3. The van der Waals surface area contributed by atoms with Crippen LogP contribution in [-0.2, 0) is 0 Å². The van der Waals surface area contributed by atoms with Gasteiger partial charge in [-0.2, -0.15) is 0 Å². The van der Waals surface area contributed by atoms with Gasteiger partial charge in [-0.1, -0.05) is 76.0 Å². The molecule has 0 bridgehead atoms. The summed E-state index contributed by atoms with van der Waals surface area (Å²) >= 11 is 0. The van der Waals surface area contributed by atoms with E-state index < -0.39 is 0 Å². The first-order valence-electron chi connectivity index (χ1n) is 12.6. The van der Waals surface area contributed by atoms with Crippen LogP contribution in [0.15, 0.2) is 36.4 Å². The summed E-state index contributed by atoms with van der Waals surface area (Å²) in [5, 5.41) is 0. The molecule has 2 aliphatic carbocycles. The molecule has 0 heteroatoms. The zero-order valence-corrected chi connectivity index (χ0v) is 19.0. The Morgan fingerprint density at radius 2 is 1.52 bits per heavy atom. The van der Waals surface area contributed by atoms with Gasteiger partial charge in [-0.15, -0.1) is 0 Å². The molecule has 0 amide bonds. The number of benzene rings is 1. The van der Waals surface area contributed by atoms with E-state index in [1.54, 1.807) is 0 Å². The fourth-order valence-corrected chi connectivity index (χ4v) is 5.40. The molecule has 0 atom stereocenters. The molecule has 0 radical (unpaired) electrons. The average Bonchev–Trinajstić information content (AvgIpc) is 2.78. The maximum Gasteiger partial charge on any atom is 0.0249 e. The molecule has 0 N–H and O–H groups in total. The minimum atomic E-state index is 0.757. The number of unbranched alkanes of at least 4 members (excludes halogenated alkanes) is 2. The van der Waals surface area contributed by atoms with E-state index in [1.165, 1.54) is 89.0 Å². The zero-order valence-electron chi connectivity index (χ0n) is 19.0. The van der Waals surface area contributed by atoms with Crippen LogP contribution in [0, 0.1) is 29.6 Å². The highest BCUT2D eigenvalue weighted by Crippen LogP contribution is 2.37. The van der Waals surface area contributed by atoms with E-state index in [4.69, 9.17) is 0 Å². The van der Waals surface area contributed by atoms with Gasteiger partial charge in [-0.25, -0.2) is 0 Å². The Hall–Kier alpha value is -1.48. The van der Waals surface area contributed by atoms with Crippen molar-refractivity contribution in [1.29, 1.82) is 0 Å². The van der Waals surface area contributed by atoms with E-state index >= 15 is 0 Å². The van der Waals surface area contributed by atoms with Gasteiger partial charge in [0, 0.05) is 5.56 Å². The molecule has 29 heavy (non-hydrogen) atoms.